The summed E-state index contributed by atoms with van der Waals surface area (Å²) < 4.78 is 52.9. The zero-order valence-corrected chi connectivity index (χ0v) is 40.7. The summed E-state index contributed by atoms with van der Waals surface area (Å²) in [7, 11) is -9.58. The number of hydrogen-bond acceptors (Lipinski definition) is 13. The van der Waals surface area contributed by atoms with Crippen molar-refractivity contribution in [2.45, 2.75) is 186 Å². The predicted octanol–water partition coefficient (Wildman–Crippen LogP) is 10.6. The summed E-state index contributed by atoms with van der Waals surface area (Å²) >= 11 is 0. The summed E-state index contributed by atoms with van der Waals surface area (Å²) in [6.07, 6.45) is 40.7. The van der Waals surface area contributed by atoms with Gasteiger partial charge in [-0.15, -0.1) is 0 Å². The lowest BCUT2D eigenvalue weighted by Crippen LogP contribution is -2.25. The fourth-order valence-corrected chi connectivity index (χ4v) is 7.30. The molecule has 5 unspecified atom stereocenters. The molecular formula is C47H84O15P2. The van der Waals surface area contributed by atoms with Gasteiger partial charge in [0.05, 0.1) is 26.4 Å². The number of phosphoric acid groups is 2. The number of ether oxygens (including phenoxy) is 2. The molecule has 0 bridgehead atoms. The van der Waals surface area contributed by atoms with Crippen molar-refractivity contribution in [3.8, 4) is 0 Å². The molecule has 17 heteroatoms. The number of carbonyl (C=O) groups excluding carboxylic acids is 2. The molecule has 0 aromatic carbocycles. The van der Waals surface area contributed by atoms with E-state index in [2.05, 4.69) is 92.7 Å². The number of esters is 2. The Morgan fingerprint density at radius 3 is 1.06 bits per heavy atom. The van der Waals surface area contributed by atoms with Crippen LogP contribution in [-0.2, 0) is 46.3 Å². The van der Waals surface area contributed by atoms with E-state index in [0.29, 0.717) is 12.8 Å². The van der Waals surface area contributed by atoms with Crippen molar-refractivity contribution >= 4 is 27.6 Å². The molecule has 0 rings (SSSR count). The number of aliphatic hydroxyl groups is 3. The van der Waals surface area contributed by atoms with Gasteiger partial charge in [0.25, 0.3) is 0 Å². The lowest BCUT2D eigenvalue weighted by Gasteiger charge is -2.19. The minimum Gasteiger partial charge on any atom is -0.463 e. The van der Waals surface area contributed by atoms with Crippen molar-refractivity contribution in [1.29, 1.82) is 0 Å². The summed E-state index contributed by atoms with van der Waals surface area (Å²) in [6, 6.07) is 0. The molecule has 0 saturated heterocycles. The van der Waals surface area contributed by atoms with Crippen LogP contribution in [0.3, 0.4) is 0 Å². The van der Waals surface area contributed by atoms with Crippen molar-refractivity contribution in [3.05, 3.63) is 60.8 Å². The third-order valence-electron chi connectivity index (χ3n) is 9.45. The van der Waals surface area contributed by atoms with E-state index in [0.717, 1.165) is 89.9 Å². The zero-order valence-electron chi connectivity index (χ0n) is 38.9. The van der Waals surface area contributed by atoms with Gasteiger partial charge >= 0.3 is 27.6 Å². The summed E-state index contributed by atoms with van der Waals surface area (Å²) in [5.41, 5.74) is 0. The monoisotopic (exact) mass is 951 g/mol. The molecule has 5 atom stereocenters. The Kier molecular flexibility index (Phi) is 41.8. The van der Waals surface area contributed by atoms with Crippen LogP contribution >= 0.6 is 15.6 Å². The van der Waals surface area contributed by atoms with Crippen molar-refractivity contribution < 1.29 is 71.4 Å². The third-order valence-corrected chi connectivity index (χ3v) is 11.3. The lowest BCUT2D eigenvalue weighted by molar-refractivity contribution is -0.148. The second-order valence-corrected chi connectivity index (χ2v) is 18.7. The zero-order chi connectivity index (χ0) is 47.4. The maximum atomic E-state index is 12.2. The van der Waals surface area contributed by atoms with Crippen LogP contribution in [0.4, 0.5) is 0 Å². The molecule has 0 aromatic rings. The Morgan fingerprint density at radius 1 is 0.406 bits per heavy atom. The highest BCUT2D eigenvalue weighted by atomic mass is 31.2. The molecule has 0 fully saturated rings. The molecule has 0 radical (unpaired) electrons. The Morgan fingerprint density at radius 2 is 0.688 bits per heavy atom. The Hall–Kier alpha value is -2.26. The second-order valence-electron chi connectivity index (χ2n) is 15.8. The fraction of sp³-hybridized carbons (Fsp3) is 0.745. The van der Waals surface area contributed by atoms with E-state index in [1.165, 1.54) is 38.5 Å². The standard InChI is InChI=1S/C47H84O15P2/c1-3-5-7-9-11-13-15-16-17-18-19-20-21-22-23-24-26-28-30-32-34-36-47(52)58-38-44(49)40-60-64(55,56)62-42-45(50)41-61-63(53,54)59-39-43(48)37-57-46(51)35-33-31-29-27-25-14-12-10-8-6-4-2/h10-13,16-17,19-20,22-23,43-45,48-50H,3-9,14-15,18,21,24-42H2,1-2H3,(H,53,54)(H,55,56)/b12-10-,13-11-,17-16-,20-19-,23-22-. The summed E-state index contributed by atoms with van der Waals surface area (Å²) in [5, 5.41) is 30.0. The van der Waals surface area contributed by atoms with Crippen LogP contribution in [0.5, 0.6) is 0 Å². The smallest absolute Gasteiger partial charge is 0.463 e. The predicted molar refractivity (Wildman–Crippen MR) is 251 cm³/mol. The average molecular weight is 951 g/mol. The number of hydrogen-bond donors (Lipinski definition) is 5. The van der Waals surface area contributed by atoms with E-state index < -0.39 is 85.5 Å². The lowest BCUT2D eigenvalue weighted by atomic mass is 10.1. The normalized spacial score (nSPS) is 15.7. The highest BCUT2D eigenvalue weighted by Gasteiger charge is 2.28. The topological polar surface area (TPSA) is 225 Å². The minimum atomic E-state index is -4.79. The molecular weight excluding hydrogens is 866 g/mol. The largest absolute Gasteiger partial charge is 0.472 e. The van der Waals surface area contributed by atoms with E-state index in [1.54, 1.807) is 0 Å². The first-order valence-corrected chi connectivity index (χ1v) is 26.6. The number of allylic oxidation sites excluding steroid dienone is 10. The maximum absolute atomic E-state index is 12.2. The molecule has 0 aliphatic heterocycles. The molecule has 0 aliphatic rings. The van der Waals surface area contributed by atoms with Gasteiger partial charge in [0.1, 0.15) is 31.5 Å². The SMILES string of the molecule is CCCC/C=C\CCCCCCCC(=O)OCC(O)COP(=O)(O)OCC(O)COP(=O)(O)OCC(O)COC(=O)CCCCCCC/C=C\C/C=C\C/C=C\C/C=C\CCCCC. The van der Waals surface area contributed by atoms with Crippen LogP contribution in [-0.4, -0.2) is 95.0 Å². The average Bonchev–Trinajstić information content (AvgIpc) is 3.27. The first-order valence-electron chi connectivity index (χ1n) is 23.6. The van der Waals surface area contributed by atoms with Gasteiger partial charge in [-0.05, 0) is 77.0 Å². The van der Waals surface area contributed by atoms with E-state index in [1.807, 2.05) is 0 Å². The van der Waals surface area contributed by atoms with E-state index in [4.69, 9.17) is 9.47 Å². The molecule has 0 aromatic heterocycles. The fourth-order valence-electron chi connectivity index (χ4n) is 5.70. The Balaban J connectivity index is 3.92. The van der Waals surface area contributed by atoms with Gasteiger partial charge in [-0.3, -0.25) is 27.7 Å². The van der Waals surface area contributed by atoms with Crippen LogP contribution in [0.15, 0.2) is 60.8 Å². The Labute approximate surface area is 384 Å². The van der Waals surface area contributed by atoms with E-state index in [9.17, 15) is 43.8 Å². The van der Waals surface area contributed by atoms with E-state index in [-0.39, 0.29) is 12.8 Å². The van der Waals surface area contributed by atoms with Crippen LogP contribution in [0.2, 0.25) is 0 Å². The van der Waals surface area contributed by atoms with Gasteiger partial charge in [0, 0.05) is 12.8 Å². The molecule has 0 spiro atoms. The number of aliphatic hydroxyl groups excluding tert-OH is 3. The molecule has 372 valence electrons. The summed E-state index contributed by atoms with van der Waals surface area (Å²) in [5.74, 6) is -1.02. The molecule has 0 amide bonds. The highest BCUT2D eigenvalue weighted by molar-refractivity contribution is 7.47. The van der Waals surface area contributed by atoms with Gasteiger partial charge in [-0.25, -0.2) is 9.13 Å². The van der Waals surface area contributed by atoms with Gasteiger partial charge in [0.2, 0.25) is 0 Å². The highest BCUT2D eigenvalue weighted by Crippen LogP contribution is 2.45. The third kappa shape index (κ3) is 44.9. The molecule has 5 N–H and O–H groups in total. The van der Waals surface area contributed by atoms with Crippen LogP contribution in [0, 0.1) is 0 Å². The summed E-state index contributed by atoms with van der Waals surface area (Å²) in [6.45, 7) is 0.300. The van der Waals surface area contributed by atoms with Gasteiger partial charge in [-0.2, -0.15) is 0 Å². The number of rotatable bonds is 45. The number of phosphoric ester groups is 2. The number of carbonyl (C=O) groups is 2. The first-order chi connectivity index (χ1) is 30.8. The molecule has 0 saturated carbocycles. The Bertz CT molecular complexity index is 1380. The van der Waals surface area contributed by atoms with Crippen molar-refractivity contribution in [1.82, 2.24) is 0 Å². The summed E-state index contributed by atoms with van der Waals surface area (Å²) in [4.78, 5) is 43.7. The molecule has 64 heavy (non-hydrogen) atoms. The van der Waals surface area contributed by atoms with E-state index >= 15 is 0 Å². The van der Waals surface area contributed by atoms with Crippen LogP contribution < -0.4 is 0 Å². The van der Waals surface area contributed by atoms with Crippen molar-refractivity contribution in [2.24, 2.45) is 0 Å². The first kappa shape index (κ1) is 61.7. The second kappa shape index (κ2) is 43.3. The quantitative estimate of drug-likeness (QED) is 0.0166. The minimum absolute atomic E-state index is 0.173. The van der Waals surface area contributed by atoms with Crippen molar-refractivity contribution in [3.63, 3.8) is 0 Å². The molecule has 0 aliphatic carbocycles. The van der Waals surface area contributed by atoms with Gasteiger partial charge < -0.3 is 34.6 Å². The van der Waals surface area contributed by atoms with Crippen LogP contribution in [0.1, 0.15) is 168 Å². The van der Waals surface area contributed by atoms with Crippen LogP contribution in [0.25, 0.3) is 0 Å². The number of unbranched alkanes of at least 4 members (excludes halogenated alkanes) is 15. The van der Waals surface area contributed by atoms with Gasteiger partial charge in [-0.1, -0.05) is 139 Å². The maximum Gasteiger partial charge on any atom is 0.472 e. The van der Waals surface area contributed by atoms with Gasteiger partial charge in [0.15, 0.2) is 0 Å². The molecule has 15 nitrogen and oxygen atoms in total. The van der Waals surface area contributed by atoms with Crippen molar-refractivity contribution in [2.75, 3.05) is 39.6 Å². The molecule has 0 heterocycles.